The van der Waals surface area contributed by atoms with Crippen LogP contribution in [-0.4, -0.2) is 22.7 Å². The van der Waals surface area contributed by atoms with E-state index in [4.69, 9.17) is 16.3 Å². The number of carbonyl (C=O) groups is 2. The fraction of sp³-hybridized carbons (Fsp3) is 0.100. The lowest BCUT2D eigenvalue weighted by atomic mass is 10.1. The molecule has 4 nitrogen and oxygen atoms in total. The molecule has 7 heteroatoms. The average Bonchev–Trinajstić information content (AvgIpc) is 2.90. The number of hydrogen-bond donors (Lipinski definition) is 0. The van der Waals surface area contributed by atoms with Crippen molar-refractivity contribution < 1.29 is 14.3 Å². The van der Waals surface area contributed by atoms with Gasteiger partial charge < -0.3 is 4.74 Å². The number of ether oxygens (including phenoxy) is 1. The maximum absolute atomic E-state index is 12.8. The minimum Gasteiger partial charge on any atom is -0.489 e. The Labute approximate surface area is 175 Å². The second-order valence-electron chi connectivity index (χ2n) is 5.64. The summed E-state index contributed by atoms with van der Waals surface area (Å²) in [5.41, 5.74) is 1.43. The number of nitrogens with zero attached hydrogens (tertiary/aromatic N) is 1. The maximum Gasteiger partial charge on any atom is 0.293 e. The van der Waals surface area contributed by atoms with Crippen LogP contribution in [0.4, 0.5) is 4.79 Å². The maximum atomic E-state index is 12.8. The van der Waals surface area contributed by atoms with E-state index in [1.54, 1.807) is 36.4 Å². The lowest BCUT2D eigenvalue weighted by molar-refractivity contribution is -0.123. The van der Waals surface area contributed by atoms with Crippen LogP contribution in [0.2, 0.25) is 5.02 Å². The molecule has 0 radical (unpaired) electrons. The predicted octanol–water partition coefficient (Wildman–Crippen LogP) is 5.90. The fourth-order valence-corrected chi connectivity index (χ4v) is 3.89. The molecular weight excluding hydrogens is 450 g/mol. The molecule has 2 aromatic rings. The van der Waals surface area contributed by atoms with Crippen molar-refractivity contribution in [3.63, 3.8) is 0 Å². The molecule has 1 fully saturated rings. The molecule has 0 unspecified atom stereocenters. The van der Waals surface area contributed by atoms with E-state index in [0.29, 0.717) is 27.8 Å². The first kappa shape index (κ1) is 19.7. The molecule has 3 rings (SSSR count). The number of halogens is 2. The highest BCUT2D eigenvalue weighted by molar-refractivity contribution is 9.10. The minimum atomic E-state index is -0.348. The van der Waals surface area contributed by atoms with Crippen LogP contribution in [0.1, 0.15) is 11.1 Å². The quantitative estimate of drug-likeness (QED) is 0.394. The van der Waals surface area contributed by atoms with Gasteiger partial charge in [-0.3, -0.25) is 14.5 Å². The van der Waals surface area contributed by atoms with E-state index < -0.39 is 0 Å². The van der Waals surface area contributed by atoms with Gasteiger partial charge in [-0.1, -0.05) is 58.4 Å². The number of hydrogen-bond acceptors (Lipinski definition) is 4. The molecule has 2 aromatic carbocycles. The van der Waals surface area contributed by atoms with Crippen molar-refractivity contribution in [2.24, 2.45) is 0 Å². The van der Waals surface area contributed by atoms with Crippen LogP contribution in [0.15, 0.2) is 64.5 Å². The molecule has 27 heavy (non-hydrogen) atoms. The molecule has 0 atom stereocenters. The van der Waals surface area contributed by atoms with Gasteiger partial charge in [-0.2, -0.15) is 0 Å². The molecule has 1 aliphatic rings. The average molecular weight is 465 g/mol. The first-order valence-electron chi connectivity index (χ1n) is 8.01. The number of rotatable bonds is 6. The Balaban J connectivity index is 1.87. The predicted molar refractivity (Wildman–Crippen MR) is 113 cm³/mol. The molecule has 1 aliphatic heterocycles. The summed E-state index contributed by atoms with van der Waals surface area (Å²) in [6.45, 7) is 4.12. The zero-order chi connectivity index (χ0) is 19.4. The van der Waals surface area contributed by atoms with Gasteiger partial charge in [-0.25, -0.2) is 0 Å². The monoisotopic (exact) mass is 463 g/mol. The van der Waals surface area contributed by atoms with Gasteiger partial charge in [0.2, 0.25) is 0 Å². The molecule has 0 N–H and O–H groups in total. The van der Waals surface area contributed by atoms with Crippen molar-refractivity contribution in [1.82, 2.24) is 4.90 Å². The summed E-state index contributed by atoms with van der Waals surface area (Å²) in [5, 5.41) is 0.197. The van der Waals surface area contributed by atoms with Crippen molar-refractivity contribution >= 4 is 56.5 Å². The summed E-state index contributed by atoms with van der Waals surface area (Å²) < 4.78 is 6.47. The third-order valence-electron chi connectivity index (χ3n) is 3.78. The van der Waals surface area contributed by atoms with Gasteiger partial charge in [-0.05, 0) is 47.7 Å². The Morgan fingerprint density at radius 3 is 2.74 bits per heavy atom. The highest BCUT2D eigenvalue weighted by atomic mass is 79.9. The first-order valence-corrected chi connectivity index (χ1v) is 10.0. The molecule has 1 heterocycles. The summed E-state index contributed by atoms with van der Waals surface area (Å²) in [6.07, 6.45) is 3.31. The molecule has 0 saturated carbocycles. The standard InChI is InChI=1S/C20H15BrClNO3S/c1-2-9-26-17-8-7-15(21)10-14(17)11-18-19(24)23(20(25)27-18)12-13-5-3-4-6-16(13)22/h2-8,10-11H,1,9,12H2/b18-11-. The molecule has 1 saturated heterocycles. The van der Waals surface area contributed by atoms with Crippen molar-refractivity contribution in [1.29, 1.82) is 0 Å². The number of benzene rings is 2. The van der Waals surface area contributed by atoms with E-state index >= 15 is 0 Å². The van der Waals surface area contributed by atoms with Crippen LogP contribution in [0.5, 0.6) is 5.75 Å². The second-order valence-corrected chi connectivity index (χ2v) is 7.96. The van der Waals surface area contributed by atoms with Crippen LogP contribution in [0.25, 0.3) is 6.08 Å². The van der Waals surface area contributed by atoms with Gasteiger partial charge in [0, 0.05) is 15.1 Å². The van der Waals surface area contributed by atoms with E-state index in [0.717, 1.165) is 21.8 Å². The van der Waals surface area contributed by atoms with Gasteiger partial charge in [0.05, 0.1) is 11.4 Å². The van der Waals surface area contributed by atoms with E-state index in [1.165, 1.54) is 4.90 Å². The number of carbonyl (C=O) groups excluding carboxylic acids is 2. The van der Waals surface area contributed by atoms with Gasteiger partial charge in [0.25, 0.3) is 11.1 Å². The van der Waals surface area contributed by atoms with E-state index in [2.05, 4.69) is 22.5 Å². The summed E-state index contributed by atoms with van der Waals surface area (Å²) in [7, 11) is 0. The molecule has 2 amide bonds. The summed E-state index contributed by atoms with van der Waals surface area (Å²) >= 11 is 10.5. The zero-order valence-electron chi connectivity index (χ0n) is 14.2. The molecule has 138 valence electrons. The number of amides is 2. The van der Waals surface area contributed by atoms with Crippen molar-refractivity contribution in [2.75, 3.05) is 6.61 Å². The van der Waals surface area contributed by atoms with Crippen molar-refractivity contribution in [3.05, 3.63) is 80.6 Å². The third-order valence-corrected chi connectivity index (χ3v) is 5.54. The first-order chi connectivity index (χ1) is 13.0. The minimum absolute atomic E-state index is 0.139. The summed E-state index contributed by atoms with van der Waals surface area (Å²) in [4.78, 5) is 26.6. The SMILES string of the molecule is C=CCOc1ccc(Br)cc1/C=C1\SC(=O)N(Cc2ccccc2Cl)C1=O. The topological polar surface area (TPSA) is 46.6 Å². The zero-order valence-corrected chi connectivity index (χ0v) is 17.3. The van der Waals surface area contributed by atoms with Crippen LogP contribution >= 0.6 is 39.3 Å². The van der Waals surface area contributed by atoms with E-state index in [1.807, 2.05) is 18.2 Å². The van der Waals surface area contributed by atoms with Gasteiger partial charge in [0.1, 0.15) is 12.4 Å². The van der Waals surface area contributed by atoms with Crippen LogP contribution in [0, 0.1) is 0 Å². The van der Waals surface area contributed by atoms with E-state index in [-0.39, 0.29) is 17.7 Å². The number of imide groups is 1. The van der Waals surface area contributed by atoms with Crippen molar-refractivity contribution in [2.45, 2.75) is 6.54 Å². The molecule has 0 bridgehead atoms. The van der Waals surface area contributed by atoms with Crippen molar-refractivity contribution in [3.8, 4) is 5.75 Å². The van der Waals surface area contributed by atoms with Gasteiger partial charge in [0.15, 0.2) is 0 Å². The largest absolute Gasteiger partial charge is 0.489 e. The van der Waals surface area contributed by atoms with Gasteiger partial charge in [-0.15, -0.1) is 0 Å². The summed E-state index contributed by atoms with van der Waals surface area (Å²) in [5.74, 6) is 0.260. The lowest BCUT2D eigenvalue weighted by Gasteiger charge is -2.13. The molecule has 0 aliphatic carbocycles. The van der Waals surface area contributed by atoms with Crippen LogP contribution in [0.3, 0.4) is 0 Å². The summed E-state index contributed by atoms with van der Waals surface area (Å²) in [6, 6.07) is 12.6. The lowest BCUT2D eigenvalue weighted by Crippen LogP contribution is -2.27. The highest BCUT2D eigenvalue weighted by Gasteiger charge is 2.35. The number of thioether (sulfide) groups is 1. The Morgan fingerprint density at radius 1 is 1.22 bits per heavy atom. The van der Waals surface area contributed by atoms with Crippen LogP contribution in [-0.2, 0) is 11.3 Å². The smallest absolute Gasteiger partial charge is 0.293 e. The van der Waals surface area contributed by atoms with Crippen LogP contribution < -0.4 is 4.74 Å². The molecular formula is C20H15BrClNO3S. The molecule has 0 spiro atoms. The second kappa shape index (κ2) is 8.78. The van der Waals surface area contributed by atoms with E-state index in [9.17, 15) is 9.59 Å². The third kappa shape index (κ3) is 4.64. The Morgan fingerprint density at radius 2 is 2.00 bits per heavy atom. The van der Waals surface area contributed by atoms with Gasteiger partial charge >= 0.3 is 0 Å². The Kier molecular flexibility index (Phi) is 6.42. The normalized spacial score (nSPS) is 15.5. The highest BCUT2D eigenvalue weighted by Crippen LogP contribution is 2.36. The Bertz CT molecular complexity index is 945. The fourth-order valence-electron chi connectivity index (χ4n) is 2.49. The Hall–Kier alpha value is -2.02. The molecule has 0 aromatic heterocycles.